The number of likely N-dealkylation sites (tertiary alicyclic amines) is 1. The maximum absolute atomic E-state index is 5.68. The molecule has 4 heteroatoms. The lowest BCUT2D eigenvalue weighted by Crippen LogP contribution is -2.52. The van der Waals surface area contributed by atoms with Crippen molar-refractivity contribution in [2.45, 2.75) is 45.1 Å². The molecule has 0 amide bonds. The van der Waals surface area contributed by atoms with Gasteiger partial charge in [-0.3, -0.25) is 9.80 Å². The van der Waals surface area contributed by atoms with Crippen LogP contribution in [0.3, 0.4) is 0 Å². The van der Waals surface area contributed by atoms with Gasteiger partial charge >= 0.3 is 0 Å². The fraction of sp³-hybridized carbons (Fsp3) is 1.00. The molecule has 0 bridgehead atoms. The number of hydrogen-bond donors (Lipinski definition) is 0. The first-order chi connectivity index (χ1) is 10.3. The molecule has 124 valence electrons. The van der Waals surface area contributed by atoms with Gasteiger partial charge in [0.15, 0.2) is 0 Å². The fourth-order valence-corrected chi connectivity index (χ4v) is 3.41. The molecule has 2 heterocycles. The minimum Gasteiger partial charge on any atom is -0.380 e. The predicted octanol–water partition coefficient (Wildman–Crippen LogP) is 1.91. The van der Waals surface area contributed by atoms with Crippen molar-refractivity contribution in [2.24, 2.45) is 0 Å². The van der Waals surface area contributed by atoms with Crippen molar-refractivity contribution >= 4 is 0 Å². The molecule has 2 aliphatic rings. The number of unbranched alkanes of at least 4 members (excludes halogenated alkanes) is 1. The van der Waals surface area contributed by atoms with Crippen molar-refractivity contribution in [3.05, 3.63) is 0 Å². The topological polar surface area (TPSA) is 19.0 Å². The monoisotopic (exact) mass is 297 g/mol. The van der Waals surface area contributed by atoms with Crippen molar-refractivity contribution in [1.29, 1.82) is 0 Å². The highest BCUT2D eigenvalue weighted by Crippen LogP contribution is 2.16. The lowest BCUT2D eigenvalue weighted by Gasteiger charge is -2.40. The highest BCUT2D eigenvalue weighted by Gasteiger charge is 2.23. The number of hydrogen-bond acceptors (Lipinski definition) is 4. The van der Waals surface area contributed by atoms with Crippen LogP contribution in [0.25, 0.3) is 0 Å². The Morgan fingerprint density at radius 3 is 2.43 bits per heavy atom. The third-order valence-corrected chi connectivity index (χ3v) is 5.05. The van der Waals surface area contributed by atoms with Crippen LogP contribution >= 0.6 is 0 Å². The van der Waals surface area contributed by atoms with Crippen LogP contribution in [-0.4, -0.2) is 86.8 Å². The van der Waals surface area contributed by atoms with Gasteiger partial charge in [-0.2, -0.15) is 0 Å². The van der Waals surface area contributed by atoms with Crippen LogP contribution in [0.2, 0.25) is 0 Å². The molecule has 0 spiro atoms. The fourth-order valence-electron chi connectivity index (χ4n) is 3.41. The van der Waals surface area contributed by atoms with Crippen LogP contribution in [0.4, 0.5) is 0 Å². The maximum Gasteiger partial charge on any atom is 0.0593 e. The third kappa shape index (κ3) is 6.23. The van der Waals surface area contributed by atoms with E-state index in [-0.39, 0.29) is 0 Å². The minimum atomic E-state index is 0.794. The average molecular weight is 297 g/mol. The maximum atomic E-state index is 5.68. The summed E-state index contributed by atoms with van der Waals surface area (Å²) in [4.78, 5) is 7.80. The van der Waals surface area contributed by atoms with E-state index < -0.39 is 0 Å². The van der Waals surface area contributed by atoms with E-state index in [1.165, 1.54) is 71.4 Å². The van der Waals surface area contributed by atoms with Gasteiger partial charge in [0.2, 0.25) is 0 Å². The number of piperidine rings is 1. The Balaban J connectivity index is 1.55. The molecule has 21 heavy (non-hydrogen) atoms. The summed E-state index contributed by atoms with van der Waals surface area (Å²) in [6.45, 7) is 12.6. The Labute approximate surface area is 131 Å². The molecule has 1 atom stereocenters. The molecule has 0 aromatic rings. The molecule has 0 aromatic heterocycles. The number of rotatable bonds is 8. The lowest BCUT2D eigenvalue weighted by atomic mass is 10.0. The van der Waals surface area contributed by atoms with Crippen LogP contribution in [0, 0.1) is 0 Å². The SMILES string of the molecule is CCCCOCCN1CCN(C[C@@H]2CCCCN2C)CC1. The molecule has 0 radical (unpaired) electrons. The van der Waals surface area contributed by atoms with Crippen molar-refractivity contribution in [3.63, 3.8) is 0 Å². The summed E-state index contributed by atoms with van der Waals surface area (Å²) in [6, 6.07) is 0.794. The van der Waals surface area contributed by atoms with Crippen LogP contribution < -0.4 is 0 Å². The summed E-state index contributed by atoms with van der Waals surface area (Å²) < 4.78 is 5.68. The van der Waals surface area contributed by atoms with Gasteiger partial charge in [-0.05, 0) is 32.9 Å². The molecular weight excluding hydrogens is 262 g/mol. The zero-order valence-electron chi connectivity index (χ0n) is 14.2. The van der Waals surface area contributed by atoms with E-state index >= 15 is 0 Å². The van der Waals surface area contributed by atoms with Gasteiger partial charge in [-0.25, -0.2) is 0 Å². The normalized spacial score (nSPS) is 26.3. The Morgan fingerprint density at radius 2 is 1.71 bits per heavy atom. The van der Waals surface area contributed by atoms with E-state index in [0.29, 0.717) is 0 Å². The second-order valence-corrected chi connectivity index (χ2v) is 6.74. The van der Waals surface area contributed by atoms with E-state index in [9.17, 15) is 0 Å². The Morgan fingerprint density at radius 1 is 0.952 bits per heavy atom. The van der Waals surface area contributed by atoms with Crippen LogP contribution in [-0.2, 0) is 4.74 Å². The first-order valence-corrected chi connectivity index (χ1v) is 9.02. The molecule has 4 nitrogen and oxygen atoms in total. The summed E-state index contributed by atoms with van der Waals surface area (Å²) in [6.07, 6.45) is 6.63. The van der Waals surface area contributed by atoms with Gasteiger partial charge in [0.05, 0.1) is 6.61 Å². The van der Waals surface area contributed by atoms with Crippen LogP contribution in [0.15, 0.2) is 0 Å². The van der Waals surface area contributed by atoms with E-state index in [1.54, 1.807) is 0 Å². The van der Waals surface area contributed by atoms with Gasteiger partial charge in [-0.15, -0.1) is 0 Å². The molecule has 2 saturated heterocycles. The van der Waals surface area contributed by atoms with E-state index in [4.69, 9.17) is 4.74 Å². The molecular formula is C17H35N3O. The van der Waals surface area contributed by atoms with Gasteiger partial charge in [-0.1, -0.05) is 19.8 Å². The van der Waals surface area contributed by atoms with E-state index in [0.717, 1.165) is 25.8 Å². The highest BCUT2D eigenvalue weighted by molar-refractivity contribution is 4.80. The molecule has 0 N–H and O–H groups in total. The number of ether oxygens (including phenoxy) is 1. The van der Waals surface area contributed by atoms with Gasteiger partial charge in [0.25, 0.3) is 0 Å². The Hall–Kier alpha value is -0.160. The Kier molecular flexibility index (Phi) is 8.01. The molecule has 0 aromatic carbocycles. The molecule has 2 rings (SSSR count). The summed E-state index contributed by atoms with van der Waals surface area (Å²) in [5, 5.41) is 0. The number of nitrogens with zero attached hydrogens (tertiary/aromatic N) is 3. The molecule has 2 aliphatic heterocycles. The number of piperazine rings is 1. The van der Waals surface area contributed by atoms with E-state index in [1.807, 2.05) is 0 Å². The van der Waals surface area contributed by atoms with Crippen molar-refractivity contribution < 1.29 is 4.74 Å². The zero-order chi connectivity index (χ0) is 14.9. The highest BCUT2D eigenvalue weighted by atomic mass is 16.5. The number of likely N-dealkylation sites (N-methyl/N-ethyl adjacent to an activating group) is 1. The third-order valence-electron chi connectivity index (χ3n) is 5.05. The second-order valence-electron chi connectivity index (χ2n) is 6.74. The van der Waals surface area contributed by atoms with Gasteiger partial charge < -0.3 is 9.64 Å². The van der Waals surface area contributed by atoms with E-state index in [2.05, 4.69) is 28.7 Å². The van der Waals surface area contributed by atoms with Crippen LogP contribution in [0.1, 0.15) is 39.0 Å². The first-order valence-electron chi connectivity index (χ1n) is 9.02. The summed E-state index contributed by atoms with van der Waals surface area (Å²) in [5.41, 5.74) is 0. The minimum absolute atomic E-state index is 0.794. The smallest absolute Gasteiger partial charge is 0.0593 e. The largest absolute Gasteiger partial charge is 0.380 e. The first kappa shape index (κ1) is 17.2. The molecule has 2 fully saturated rings. The van der Waals surface area contributed by atoms with Crippen molar-refractivity contribution in [1.82, 2.24) is 14.7 Å². The van der Waals surface area contributed by atoms with Crippen molar-refractivity contribution in [3.8, 4) is 0 Å². The average Bonchev–Trinajstić information content (AvgIpc) is 2.51. The standard InChI is InChI=1S/C17H35N3O/c1-3-4-14-21-15-13-19-9-11-20(12-10-19)16-17-7-5-6-8-18(17)2/h17H,3-16H2,1-2H3/t17-/m0/s1. The predicted molar refractivity (Wildman–Crippen MR) is 88.9 cm³/mol. The lowest BCUT2D eigenvalue weighted by molar-refractivity contribution is 0.0590. The summed E-state index contributed by atoms with van der Waals surface area (Å²) in [7, 11) is 2.30. The quantitative estimate of drug-likeness (QED) is 0.637. The second kappa shape index (κ2) is 9.78. The summed E-state index contributed by atoms with van der Waals surface area (Å²) in [5.74, 6) is 0. The molecule has 0 unspecified atom stereocenters. The van der Waals surface area contributed by atoms with Crippen molar-refractivity contribution in [2.75, 3.05) is 66.1 Å². The van der Waals surface area contributed by atoms with Gasteiger partial charge in [0, 0.05) is 51.9 Å². The Bertz CT molecular complexity index is 267. The zero-order valence-corrected chi connectivity index (χ0v) is 14.2. The molecule has 0 saturated carbocycles. The van der Waals surface area contributed by atoms with Gasteiger partial charge in [0.1, 0.15) is 0 Å². The summed E-state index contributed by atoms with van der Waals surface area (Å²) >= 11 is 0. The molecule has 0 aliphatic carbocycles. The van der Waals surface area contributed by atoms with Crippen LogP contribution in [0.5, 0.6) is 0 Å².